The Morgan fingerprint density at radius 1 is 1.25 bits per heavy atom. The van der Waals surface area contributed by atoms with Crippen molar-refractivity contribution >= 4 is 57.1 Å². The van der Waals surface area contributed by atoms with Gasteiger partial charge in [-0.15, -0.1) is 0 Å². The van der Waals surface area contributed by atoms with E-state index in [2.05, 4.69) is 27.3 Å². The highest BCUT2D eigenvalue weighted by Gasteiger charge is 2.52. The van der Waals surface area contributed by atoms with Crippen molar-refractivity contribution in [2.45, 2.75) is 39.7 Å². The zero-order chi connectivity index (χ0) is 18.7. The van der Waals surface area contributed by atoms with Crippen LogP contribution in [0.2, 0.25) is 0 Å². The van der Waals surface area contributed by atoms with Gasteiger partial charge in [0.1, 0.15) is 0 Å². The van der Waals surface area contributed by atoms with E-state index in [4.69, 9.17) is 4.74 Å². The van der Waals surface area contributed by atoms with E-state index in [0.29, 0.717) is 5.56 Å². The molecule has 1 rings (SSSR count). The quantitative estimate of drug-likeness (QED) is 0.374. The predicted octanol–water partition coefficient (Wildman–Crippen LogP) is 4.58. The van der Waals surface area contributed by atoms with Gasteiger partial charge in [0.15, 0.2) is 6.10 Å². The fraction of sp³-hybridized carbons (Fsp3) is 0.500. The monoisotopic (exact) mass is 566 g/mol. The van der Waals surface area contributed by atoms with Crippen molar-refractivity contribution in [1.82, 2.24) is 0 Å². The van der Waals surface area contributed by atoms with Gasteiger partial charge >= 0.3 is 17.9 Å². The number of esters is 2. The van der Waals surface area contributed by atoms with Gasteiger partial charge in [-0.2, -0.15) is 8.78 Å². The van der Waals surface area contributed by atoms with Crippen molar-refractivity contribution in [3.8, 4) is 0 Å². The van der Waals surface area contributed by atoms with Gasteiger partial charge in [-0.05, 0) is 82.6 Å². The van der Waals surface area contributed by atoms with Gasteiger partial charge in [0, 0.05) is 7.14 Å². The van der Waals surface area contributed by atoms with Crippen LogP contribution >= 0.6 is 45.2 Å². The van der Waals surface area contributed by atoms with Crippen LogP contribution in [0, 0.1) is 20.0 Å². The first-order chi connectivity index (χ1) is 11.0. The van der Waals surface area contributed by atoms with E-state index >= 15 is 0 Å². The van der Waals surface area contributed by atoms with E-state index in [0.717, 1.165) is 7.14 Å². The summed E-state index contributed by atoms with van der Waals surface area (Å²) in [6.07, 6.45) is -1.90. The van der Waals surface area contributed by atoms with Gasteiger partial charge in [0.2, 0.25) is 0 Å². The van der Waals surface area contributed by atoms with Gasteiger partial charge in [0.25, 0.3) is 0 Å². The number of halogens is 4. The highest BCUT2D eigenvalue weighted by atomic mass is 127. The summed E-state index contributed by atoms with van der Waals surface area (Å²) in [5, 5.41) is 0. The third kappa shape index (κ3) is 4.99. The molecule has 0 aliphatic carbocycles. The summed E-state index contributed by atoms with van der Waals surface area (Å²) in [5.41, 5.74) is 0.847. The van der Waals surface area contributed by atoms with Crippen LogP contribution in [0.4, 0.5) is 8.78 Å². The number of hydrogen-bond donors (Lipinski definition) is 0. The summed E-state index contributed by atoms with van der Waals surface area (Å²) >= 11 is 4.09. The first-order valence-electron chi connectivity index (χ1n) is 7.24. The van der Waals surface area contributed by atoms with Crippen molar-refractivity contribution in [3.63, 3.8) is 0 Å². The molecule has 1 aromatic rings. The summed E-state index contributed by atoms with van der Waals surface area (Å²) in [7, 11) is 0. The van der Waals surface area contributed by atoms with E-state index in [-0.39, 0.29) is 12.2 Å². The second-order valence-electron chi connectivity index (χ2n) is 5.47. The minimum absolute atomic E-state index is 0.179. The molecule has 0 bridgehead atoms. The lowest BCUT2D eigenvalue weighted by Gasteiger charge is -2.28. The average Bonchev–Trinajstić information content (AvgIpc) is 2.47. The van der Waals surface area contributed by atoms with Crippen molar-refractivity contribution in [1.29, 1.82) is 0 Å². The Bertz CT molecular complexity index is 633. The van der Waals surface area contributed by atoms with Crippen LogP contribution in [0.25, 0.3) is 0 Å². The van der Waals surface area contributed by atoms with Crippen LogP contribution < -0.4 is 0 Å². The predicted molar refractivity (Wildman–Crippen MR) is 102 cm³/mol. The lowest BCUT2D eigenvalue weighted by Crippen LogP contribution is -2.48. The molecule has 0 aliphatic heterocycles. The molecule has 0 amide bonds. The van der Waals surface area contributed by atoms with Crippen molar-refractivity contribution in [2.24, 2.45) is 5.92 Å². The van der Waals surface area contributed by atoms with E-state index in [1.54, 1.807) is 13.0 Å². The Labute approximate surface area is 166 Å². The normalized spacial score (nSPS) is 12.9. The molecule has 0 N–H and O–H groups in total. The maximum absolute atomic E-state index is 14.3. The van der Waals surface area contributed by atoms with E-state index in [1.807, 2.05) is 28.7 Å². The van der Waals surface area contributed by atoms with Crippen LogP contribution in [0.5, 0.6) is 0 Å². The third-order valence-electron chi connectivity index (χ3n) is 3.27. The second kappa shape index (κ2) is 8.72. The number of hydrogen-bond acceptors (Lipinski definition) is 4. The van der Waals surface area contributed by atoms with Crippen molar-refractivity contribution < 1.29 is 27.8 Å². The third-order valence-corrected chi connectivity index (χ3v) is 5.02. The number of benzene rings is 1. The Kier molecular flexibility index (Phi) is 7.82. The molecule has 1 atom stereocenters. The maximum atomic E-state index is 14.3. The SMILES string of the molecule is CCOC(=O)C(F)(F)C(OC(=O)c1cc(I)cc(I)c1C)C(C)C. The Morgan fingerprint density at radius 3 is 2.33 bits per heavy atom. The number of carbonyl (C=O) groups excluding carboxylic acids is 2. The van der Waals surface area contributed by atoms with Gasteiger partial charge in [-0.3, -0.25) is 0 Å². The lowest BCUT2D eigenvalue weighted by atomic mass is 10.0. The fourth-order valence-electron chi connectivity index (χ4n) is 2.01. The zero-order valence-electron chi connectivity index (χ0n) is 13.7. The largest absolute Gasteiger partial charge is 0.461 e. The standard InChI is InChI=1S/C16H18F2I2O4/c1-5-23-15(22)16(17,18)13(8(2)3)24-14(21)11-6-10(19)7-12(20)9(11)4/h6-8,13H,5H2,1-4H3. The second-order valence-corrected chi connectivity index (χ2v) is 7.88. The smallest absolute Gasteiger partial charge is 0.381 e. The molecular formula is C16H18F2I2O4. The van der Waals surface area contributed by atoms with Gasteiger partial charge in [-0.25, -0.2) is 9.59 Å². The van der Waals surface area contributed by atoms with Crippen LogP contribution in [0.3, 0.4) is 0 Å². The van der Waals surface area contributed by atoms with Crippen LogP contribution in [0.15, 0.2) is 12.1 Å². The first kappa shape index (κ1) is 21.5. The minimum Gasteiger partial charge on any atom is -0.461 e. The summed E-state index contributed by atoms with van der Waals surface area (Å²) in [4.78, 5) is 23.9. The molecule has 0 aliphatic rings. The number of ether oxygens (including phenoxy) is 2. The summed E-state index contributed by atoms with van der Waals surface area (Å²) < 4.78 is 39.6. The first-order valence-corrected chi connectivity index (χ1v) is 9.39. The van der Waals surface area contributed by atoms with Gasteiger partial charge in [-0.1, -0.05) is 13.8 Å². The molecule has 8 heteroatoms. The number of carbonyl (C=O) groups is 2. The molecule has 134 valence electrons. The highest BCUT2D eigenvalue weighted by molar-refractivity contribution is 14.1. The van der Waals surface area contributed by atoms with Crippen LogP contribution in [-0.4, -0.2) is 30.6 Å². The molecule has 1 aromatic carbocycles. The summed E-state index contributed by atoms with van der Waals surface area (Å²) in [6, 6.07) is 3.43. The van der Waals surface area contributed by atoms with Gasteiger partial charge < -0.3 is 9.47 Å². The number of rotatable bonds is 6. The Hall–Kier alpha value is -0.520. The topological polar surface area (TPSA) is 52.6 Å². The number of alkyl halides is 2. The summed E-state index contributed by atoms with van der Waals surface area (Å²) in [6.45, 7) is 5.87. The molecule has 0 radical (unpaired) electrons. The van der Waals surface area contributed by atoms with Crippen LogP contribution in [-0.2, 0) is 14.3 Å². The maximum Gasteiger partial charge on any atom is 0.381 e. The molecule has 0 fully saturated rings. The molecule has 0 heterocycles. The fourth-order valence-corrected chi connectivity index (χ4v) is 3.85. The van der Waals surface area contributed by atoms with Crippen molar-refractivity contribution in [3.05, 3.63) is 30.4 Å². The molecule has 0 spiro atoms. The van der Waals surface area contributed by atoms with Gasteiger partial charge in [0.05, 0.1) is 12.2 Å². The Balaban J connectivity index is 3.14. The summed E-state index contributed by atoms with van der Waals surface area (Å²) in [5.74, 6) is -7.25. The Morgan fingerprint density at radius 2 is 1.83 bits per heavy atom. The van der Waals surface area contributed by atoms with E-state index in [9.17, 15) is 18.4 Å². The molecule has 0 saturated carbocycles. The minimum atomic E-state index is -3.91. The lowest BCUT2D eigenvalue weighted by molar-refractivity contribution is -0.192. The molecular weight excluding hydrogens is 548 g/mol. The van der Waals surface area contributed by atoms with Crippen molar-refractivity contribution in [2.75, 3.05) is 6.61 Å². The van der Waals surface area contributed by atoms with E-state index in [1.165, 1.54) is 20.8 Å². The molecule has 1 unspecified atom stereocenters. The molecule has 0 saturated heterocycles. The average molecular weight is 566 g/mol. The van der Waals surface area contributed by atoms with Crippen LogP contribution in [0.1, 0.15) is 36.7 Å². The molecule has 24 heavy (non-hydrogen) atoms. The highest BCUT2D eigenvalue weighted by Crippen LogP contribution is 2.30. The van der Waals surface area contributed by atoms with E-state index < -0.39 is 29.9 Å². The molecule has 0 aromatic heterocycles. The zero-order valence-corrected chi connectivity index (χ0v) is 18.0. The molecule has 4 nitrogen and oxygen atoms in total.